The van der Waals surface area contributed by atoms with E-state index in [-0.39, 0.29) is 5.54 Å². The van der Waals surface area contributed by atoms with E-state index in [4.69, 9.17) is 9.47 Å². The van der Waals surface area contributed by atoms with Crippen LogP contribution in [0.3, 0.4) is 0 Å². The highest BCUT2D eigenvalue weighted by Crippen LogP contribution is 2.37. The lowest BCUT2D eigenvalue weighted by Gasteiger charge is -2.37. The van der Waals surface area contributed by atoms with Crippen molar-refractivity contribution in [2.75, 3.05) is 33.9 Å². The highest BCUT2D eigenvalue weighted by atomic mass is 16.5. The molecule has 0 saturated carbocycles. The van der Waals surface area contributed by atoms with E-state index in [9.17, 15) is 0 Å². The summed E-state index contributed by atoms with van der Waals surface area (Å²) in [6, 6.07) is 4.10. The second kappa shape index (κ2) is 5.16. The zero-order valence-corrected chi connectivity index (χ0v) is 11.6. The van der Waals surface area contributed by atoms with Crippen LogP contribution >= 0.6 is 0 Å². The van der Waals surface area contributed by atoms with Gasteiger partial charge in [-0.1, -0.05) is 0 Å². The molecular weight excluding hydrogens is 228 g/mol. The number of nitrogens with one attached hydrogen (secondary N) is 2. The molecule has 1 aliphatic rings. The Balaban J connectivity index is 2.46. The Morgan fingerprint density at radius 1 is 1.17 bits per heavy atom. The second-order valence-corrected chi connectivity index (χ2v) is 4.91. The Kier molecular flexibility index (Phi) is 3.78. The number of hydrogen-bond acceptors (Lipinski definition) is 4. The van der Waals surface area contributed by atoms with Crippen LogP contribution < -0.4 is 20.1 Å². The zero-order chi connectivity index (χ0) is 13.2. The summed E-state index contributed by atoms with van der Waals surface area (Å²) in [5.41, 5.74) is 2.13. The highest BCUT2D eigenvalue weighted by molar-refractivity contribution is 5.52. The first-order valence-electron chi connectivity index (χ1n) is 6.30. The summed E-state index contributed by atoms with van der Waals surface area (Å²) < 4.78 is 10.9. The molecule has 100 valence electrons. The number of rotatable bonds is 3. The van der Waals surface area contributed by atoms with Gasteiger partial charge in [-0.2, -0.15) is 0 Å². The van der Waals surface area contributed by atoms with E-state index in [1.54, 1.807) is 14.2 Å². The van der Waals surface area contributed by atoms with Crippen LogP contribution in [0.5, 0.6) is 11.5 Å². The summed E-state index contributed by atoms with van der Waals surface area (Å²) in [4.78, 5) is 0. The van der Waals surface area contributed by atoms with Gasteiger partial charge in [-0.3, -0.25) is 0 Å². The van der Waals surface area contributed by atoms with Crippen LogP contribution in [-0.2, 0) is 5.54 Å². The molecule has 0 spiro atoms. The van der Waals surface area contributed by atoms with Crippen molar-refractivity contribution in [3.63, 3.8) is 0 Å². The first kappa shape index (κ1) is 13.2. The standard InChI is InChI=1S/C14H22N2O2/c1-10-12(17-3)6-5-11(13(10)18-4)14(2)9-15-7-8-16-14/h5-6,15-16H,7-9H2,1-4H3. The Hall–Kier alpha value is -1.26. The van der Waals surface area contributed by atoms with Gasteiger partial charge in [0.15, 0.2) is 0 Å². The van der Waals surface area contributed by atoms with Gasteiger partial charge in [0.25, 0.3) is 0 Å². The molecule has 4 nitrogen and oxygen atoms in total. The van der Waals surface area contributed by atoms with Gasteiger partial charge in [-0.15, -0.1) is 0 Å². The first-order valence-corrected chi connectivity index (χ1v) is 6.30. The first-order chi connectivity index (χ1) is 8.62. The average Bonchev–Trinajstić information content (AvgIpc) is 2.39. The van der Waals surface area contributed by atoms with Gasteiger partial charge < -0.3 is 20.1 Å². The third-order valence-corrected chi connectivity index (χ3v) is 3.67. The van der Waals surface area contributed by atoms with Crippen LogP contribution in [0.15, 0.2) is 12.1 Å². The van der Waals surface area contributed by atoms with E-state index < -0.39 is 0 Å². The third kappa shape index (κ3) is 2.18. The Morgan fingerprint density at radius 3 is 2.50 bits per heavy atom. The lowest BCUT2D eigenvalue weighted by atomic mass is 9.88. The van der Waals surface area contributed by atoms with Crippen molar-refractivity contribution in [1.82, 2.24) is 10.6 Å². The fourth-order valence-electron chi connectivity index (χ4n) is 2.61. The van der Waals surface area contributed by atoms with E-state index in [0.29, 0.717) is 0 Å². The van der Waals surface area contributed by atoms with Crippen LogP contribution in [0.25, 0.3) is 0 Å². The lowest BCUT2D eigenvalue weighted by molar-refractivity contribution is 0.288. The van der Waals surface area contributed by atoms with Crippen molar-refractivity contribution >= 4 is 0 Å². The smallest absolute Gasteiger partial charge is 0.130 e. The maximum absolute atomic E-state index is 5.59. The van der Waals surface area contributed by atoms with E-state index in [1.807, 2.05) is 13.0 Å². The molecule has 0 amide bonds. The minimum Gasteiger partial charge on any atom is -0.496 e. The summed E-state index contributed by atoms with van der Waals surface area (Å²) in [6.07, 6.45) is 0. The fourth-order valence-corrected chi connectivity index (χ4v) is 2.61. The van der Waals surface area contributed by atoms with Gasteiger partial charge in [0.05, 0.1) is 19.8 Å². The van der Waals surface area contributed by atoms with Crippen molar-refractivity contribution < 1.29 is 9.47 Å². The van der Waals surface area contributed by atoms with Crippen LogP contribution in [-0.4, -0.2) is 33.9 Å². The molecule has 4 heteroatoms. The van der Waals surface area contributed by atoms with E-state index in [1.165, 1.54) is 5.56 Å². The van der Waals surface area contributed by atoms with E-state index in [0.717, 1.165) is 36.7 Å². The highest BCUT2D eigenvalue weighted by Gasteiger charge is 2.32. The molecule has 1 atom stereocenters. The molecule has 1 fully saturated rings. The Labute approximate surface area is 109 Å². The topological polar surface area (TPSA) is 42.5 Å². The second-order valence-electron chi connectivity index (χ2n) is 4.91. The van der Waals surface area contributed by atoms with Gasteiger partial charge in [-0.25, -0.2) is 0 Å². The molecule has 1 aliphatic heterocycles. The van der Waals surface area contributed by atoms with Crippen LogP contribution in [0, 0.1) is 6.92 Å². The zero-order valence-electron chi connectivity index (χ0n) is 11.6. The third-order valence-electron chi connectivity index (χ3n) is 3.67. The molecule has 1 heterocycles. The molecule has 1 saturated heterocycles. The normalized spacial score (nSPS) is 23.8. The summed E-state index contributed by atoms with van der Waals surface area (Å²) in [5.74, 6) is 1.77. The molecule has 0 radical (unpaired) electrons. The molecule has 2 N–H and O–H groups in total. The molecule has 0 aromatic heterocycles. The maximum atomic E-state index is 5.59. The summed E-state index contributed by atoms with van der Waals surface area (Å²) in [7, 11) is 3.40. The molecule has 1 unspecified atom stereocenters. The Bertz CT molecular complexity index is 426. The largest absolute Gasteiger partial charge is 0.496 e. The van der Waals surface area contributed by atoms with Crippen LogP contribution in [0.4, 0.5) is 0 Å². The summed E-state index contributed by atoms with van der Waals surface area (Å²) >= 11 is 0. The van der Waals surface area contributed by atoms with Crippen molar-refractivity contribution in [2.45, 2.75) is 19.4 Å². The van der Waals surface area contributed by atoms with Crippen molar-refractivity contribution in [3.8, 4) is 11.5 Å². The molecule has 0 aliphatic carbocycles. The number of benzene rings is 1. The number of piperazine rings is 1. The molecular formula is C14H22N2O2. The molecule has 2 rings (SSSR count). The van der Waals surface area contributed by atoms with Crippen LogP contribution in [0.2, 0.25) is 0 Å². The number of hydrogen-bond donors (Lipinski definition) is 2. The minimum atomic E-state index is -0.0966. The predicted octanol–water partition coefficient (Wildman–Crippen LogP) is 1.42. The SMILES string of the molecule is COc1ccc(C2(C)CNCCN2)c(OC)c1C. The molecule has 1 aromatic rings. The predicted molar refractivity (Wildman–Crippen MR) is 72.5 cm³/mol. The quantitative estimate of drug-likeness (QED) is 0.851. The van der Waals surface area contributed by atoms with Crippen molar-refractivity contribution in [2.24, 2.45) is 0 Å². The minimum absolute atomic E-state index is 0.0966. The van der Waals surface area contributed by atoms with E-state index in [2.05, 4.69) is 23.6 Å². The van der Waals surface area contributed by atoms with E-state index >= 15 is 0 Å². The summed E-state index contributed by atoms with van der Waals surface area (Å²) in [6.45, 7) is 7.09. The Morgan fingerprint density at radius 2 is 1.94 bits per heavy atom. The molecule has 1 aromatic carbocycles. The maximum Gasteiger partial charge on any atom is 0.130 e. The monoisotopic (exact) mass is 250 g/mol. The van der Waals surface area contributed by atoms with Gasteiger partial charge in [-0.05, 0) is 26.0 Å². The molecule has 0 bridgehead atoms. The van der Waals surface area contributed by atoms with Gasteiger partial charge >= 0.3 is 0 Å². The fraction of sp³-hybridized carbons (Fsp3) is 0.571. The molecule has 18 heavy (non-hydrogen) atoms. The van der Waals surface area contributed by atoms with Crippen molar-refractivity contribution in [3.05, 3.63) is 23.3 Å². The van der Waals surface area contributed by atoms with Gasteiger partial charge in [0, 0.05) is 30.8 Å². The van der Waals surface area contributed by atoms with Crippen LogP contribution in [0.1, 0.15) is 18.1 Å². The van der Waals surface area contributed by atoms with Crippen molar-refractivity contribution in [1.29, 1.82) is 0 Å². The lowest BCUT2D eigenvalue weighted by Crippen LogP contribution is -2.55. The van der Waals surface area contributed by atoms with Gasteiger partial charge in [0.1, 0.15) is 11.5 Å². The number of ether oxygens (including phenoxy) is 2. The van der Waals surface area contributed by atoms with Gasteiger partial charge in [0.2, 0.25) is 0 Å². The number of methoxy groups -OCH3 is 2. The average molecular weight is 250 g/mol. The summed E-state index contributed by atoms with van der Waals surface area (Å²) in [5, 5.41) is 6.99.